The smallest absolute Gasteiger partial charge is 0.303 e. The molecular weight excluding hydrogens is 214 g/mol. The van der Waals surface area contributed by atoms with Gasteiger partial charge in [-0.3, -0.25) is 4.79 Å². The molecule has 0 saturated heterocycles. The molecule has 0 aromatic rings. The molecule has 2 aliphatic carbocycles. The fraction of sp³-hybridized carbons (Fsp3) is 0.786. The van der Waals surface area contributed by atoms with Crippen molar-refractivity contribution >= 4 is 5.97 Å². The molecule has 17 heavy (non-hydrogen) atoms. The van der Waals surface area contributed by atoms with Crippen molar-refractivity contribution in [3.05, 3.63) is 12.2 Å². The number of aliphatic carboxylic acids is 1. The van der Waals surface area contributed by atoms with Gasteiger partial charge in [-0.15, -0.1) is 0 Å². The average Bonchev–Trinajstić information content (AvgIpc) is 2.85. The van der Waals surface area contributed by atoms with E-state index in [9.17, 15) is 4.79 Å². The van der Waals surface area contributed by atoms with Crippen molar-refractivity contribution in [1.29, 1.82) is 0 Å². The quantitative estimate of drug-likeness (QED) is 0.551. The summed E-state index contributed by atoms with van der Waals surface area (Å²) < 4.78 is 0. The predicted octanol–water partition coefficient (Wildman–Crippen LogP) is 2.56. The Kier molecular flexibility index (Phi) is 4.21. The van der Waals surface area contributed by atoms with E-state index < -0.39 is 5.97 Å². The van der Waals surface area contributed by atoms with E-state index in [0.29, 0.717) is 12.0 Å². The van der Waals surface area contributed by atoms with Crippen molar-refractivity contribution in [1.82, 2.24) is 0 Å². The van der Waals surface area contributed by atoms with Gasteiger partial charge in [0.25, 0.3) is 0 Å². The highest BCUT2D eigenvalue weighted by atomic mass is 16.4. The maximum Gasteiger partial charge on any atom is 0.303 e. The third kappa shape index (κ3) is 3.09. The first-order valence-electron chi connectivity index (χ1n) is 6.81. The highest BCUT2D eigenvalue weighted by molar-refractivity contribution is 5.66. The van der Waals surface area contributed by atoms with Gasteiger partial charge >= 0.3 is 5.97 Å². The second-order valence-corrected chi connectivity index (χ2v) is 5.57. The maximum atomic E-state index is 10.3. The van der Waals surface area contributed by atoms with Crippen LogP contribution in [0.2, 0.25) is 0 Å². The SMILES string of the molecule is N[C@@H]1[C@@H]2CC[C@@H](C2)[C@H]1CC=CCCCC(=O)O. The molecular formula is C14H23NO2. The summed E-state index contributed by atoms with van der Waals surface area (Å²) in [7, 11) is 0. The van der Waals surface area contributed by atoms with Crippen LogP contribution in [0.25, 0.3) is 0 Å². The lowest BCUT2D eigenvalue weighted by Crippen LogP contribution is -2.35. The van der Waals surface area contributed by atoms with Crippen LogP contribution in [-0.4, -0.2) is 17.1 Å². The lowest BCUT2D eigenvalue weighted by atomic mass is 9.83. The van der Waals surface area contributed by atoms with E-state index in [1.54, 1.807) is 0 Å². The van der Waals surface area contributed by atoms with Crippen LogP contribution in [0.15, 0.2) is 12.2 Å². The fourth-order valence-electron chi connectivity index (χ4n) is 3.55. The largest absolute Gasteiger partial charge is 0.481 e. The van der Waals surface area contributed by atoms with E-state index in [0.717, 1.165) is 31.1 Å². The molecule has 2 saturated carbocycles. The highest BCUT2D eigenvalue weighted by Gasteiger charge is 2.44. The highest BCUT2D eigenvalue weighted by Crippen LogP contribution is 2.48. The van der Waals surface area contributed by atoms with E-state index >= 15 is 0 Å². The summed E-state index contributed by atoms with van der Waals surface area (Å²) in [6.45, 7) is 0. The van der Waals surface area contributed by atoms with Crippen molar-refractivity contribution in [2.24, 2.45) is 23.5 Å². The first-order chi connectivity index (χ1) is 8.18. The minimum Gasteiger partial charge on any atom is -0.481 e. The van der Waals surface area contributed by atoms with Gasteiger partial charge in [0.2, 0.25) is 0 Å². The number of rotatable bonds is 6. The minimum atomic E-state index is -0.700. The molecule has 4 atom stereocenters. The number of carboxylic acids is 1. The van der Waals surface area contributed by atoms with Gasteiger partial charge in [0.15, 0.2) is 0 Å². The second-order valence-electron chi connectivity index (χ2n) is 5.57. The third-order valence-electron chi connectivity index (χ3n) is 4.49. The van der Waals surface area contributed by atoms with Crippen LogP contribution in [0.3, 0.4) is 0 Å². The molecule has 0 heterocycles. The van der Waals surface area contributed by atoms with Crippen LogP contribution >= 0.6 is 0 Å². The Hall–Kier alpha value is -0.830. The maximum absolute atomic E-state index is 10.3. The number of carboxylic acid groups (broad SMARTS) is 1. The topological polar surface area (TPSA) is 63.3 Å². The van der Waals surface area contributed by atoms with Crippen molar-refractivity contribution in [2.75, 3.05) is 0 Å². The summed E-state index contributed by atoms with van der Waals surface area (Å²) in [5, 5.41) is 8.51. The number of fused-ring (bicyclic) bond motifs is 2. The zero-order valence-electron chi connectivity index (χ0n) is 10.3. The number of hydrogen-bond donors (Lipinski definition) is 2. The van der Waals surface area contributed by atoms with Crippen molar-refractivity contribution in [3.63, 3.8) is 0 Å². The predicted molar refractivity (Wildman–Crippen MR) is 67.5 cm³/mol. The molecule has 96 valence electrons. The molecule has 0 spiro atoms. The van der Waals surface area contributed by atoms with Gasteiger partial charge in [0, 0.05) is 12.5 Å². The molecule has 3 nitrogen and oxygen atoms in total. The fourth-order valence-corrected chi connectivity index (χ4v) is 3.55. The lowest BCUT2D eigenvalue weighted by molar-refractivity contribution is -0.137. The monoisotopic (exact) mass is 237 g/mol. The number of allylic oxidation sites excluding steroid dienone is 2. The number of nitrogens with two attached hydrogens (primary N) is 1. The van der Waals surface area contributed by atoms with Crippen molar-refractivity contribution < 1.29 is 9.90 Å². The van der Waals surface area contributed by atoms with E-state index in [1.165, 1.54) is 19.3 Å². The molecule has 3 heteroatoms. The second kappa shape index (κ2) is 5.67. The van der Waals surface area contributed by atoms with Gasteiger partial charge in [0.05, 0.1) is 0 Å². The molecule has 0 radical (unpaired) electrons. The molecule has 0 amide bonds. The zero-order valence-corrected chi connectivity index (χ0v) is 10.3. The van der Waals surface area contributed by atoms with Gasteiger partial charge in [-0.1, -0.05) is 12.2 Å². The van der Waals surface area contributed by atoms with Gasteiger partial charge < -0.3 is 10.8 Å². The molecule has 2 rings (SSSR count). The lowest BCUT2D eigenvalue weighted by Gasteiger charge is -2.27. The Balaban J connectivity index is 1.65. The summed E-state index contributed by atoms with van der Waals surface area (Å²) >= 11 is 0. The summed E-state index contributed by atoms with van der Waals surface area (Å²) in [6.07, 6.45) is 11.4. The number of unbranched alkanes of at least 4 members (excludes halogenated alkanes) is 1. The Labute approximate surface area is 103 Å². The van der Waals surface area contributed by atoms with E-state index in [-0.39, 0.29) is 6.42 Å². The minimum absolute atomic E-state index is 0.276. The van der Waals surface area contributed by atoms with E-state index in [2.05, 4.69) is 12.2 Å². The van der Waals surface area contributed by atoms with Crippen LogP contribution in [0.4, 0.5) is 0 Å². The van der Waals surface area contributed by atoms with E-state index in [4.69, 9.17) is 10.8 Å². The standard InChI is InChI=1S/C14H23NO2/c15-14-11-8-7-10(9-11)12(14)5-3-1-2-4-6-13(16)17/h1,3,10-12,14H,2,4-9,15H2,(H,16,17)/t10-,11+,12+,14+/m0/s1. The van der Waals surface area contributed by atoms with Gasteiger partial charge in [-0.25, -0.2) is 0 Å². The first-order valence-corrected chi connectivity index (χ1v) is 6.81. The zero-order chi connectivity index (χ0) is 12.3. The normalized spacial score (nSPS) is 35.8. The summed E-state index contributed by atoms with van der Waals surface area (Å²) in [4.78, 5) is 10.3. The molecule has 2 aliphatic rings. The molecule has 0 unspecified atom stereocenters. The molecule has 0 aromatic carbocycles. The van der Waals surface area contributed by atoms with Crippen LogP contribution < -0.4 is 5.73 Å². The van der Waals surface area contributed by atoms with Crippen LogP contribution in [0.1, 0.15) is 44.9 Å². The van der Waals surface area contributed by atoms with Crippen LogP contribution in [0.5, 0.6) is 0 Å². The summed E-state index contributed by atoms with van der Waals surface area (Å²) in [5.41, 5.74) is 6.23. The van der Waals surface area contributed by atoms with E-state index in [1.807, 2.05) is 0 Å². The molecule has 0 aromatic heterocycles. The van der Waals surface area contributed by atoms with Crippen LogP contribution in [0, 0.1) is 17.8 Å². The molecule has 0 aliphatic heterocycles. The molecule has 3 N–H and O–H groups in total. The Morgan fingerprint density at radius 2 is 2.06 bits per heavy atom. The number of carbonyl (C=O) groups is 1. The van der Waals surface area contributed by atoms with Gasteiger partial charge in [-0.05, 0) is 56.3 Å². The summed E-state index contributed by atoms with van der Waals surface area (Å²) in [5.74, 6) is 1.63. The Bertz CT molecular complexity index is 299. The van der Waals surface area contributed by atoms with Gasteiger partial charge in [0.1, 0.15) is 0 Å². The first kappa shape index (κ1) is 12.6. The van der Waals surface area contributed by atoms with Crippen molar-refractivity contribution in [2.45, 2.75) is 51.0 Å². The Morgan fingerprint density at radius 1 is 1.29 bits per heavy atom. The average molecular weight is 237 g/mol. The third-order valence-corrected chi connectivity index (χ3v) is 4.49. The molecule has 2 bridgehead atoms. The Morgan fingerprint density at radius 3 is 2.71 bits per heavy atom. The number of hydrogen-bond acceptors (Lipinski definition) is 2. The van der Waals surface area contributed by atoms with Crippen LogP contribution in [-0.2, 0) is 4.79 Å². The van der Waals surface area contributed by atoms with Crippen molar-refractivity contribution in [3.8, 4) is 0 Å². The van der Waals surface area contributed by atoms with Gasteiger partial charge in [-0.2, -0.15) is 0 Å². The molecule has 2 fully saturated rings. The summed E-state index contributed by atoms with van der Waals surface area (Å²) in [6, 6.07) is 0.414.